The van der Waals surface area contributed by atoms with Gasteiger partial charge in [-0.25, -0.2) is 9.50 Å². The summed E-state index contributed by atoms with van der Waals surface area (Å²) in [6.07, 6.45) is 4.20. The first-order valence-corrected chi connectivity index (χ1v) is 4.72. The predicted molar refractivity (Wildman–Crippen MR) is 50.0 cm³/mol. The minimum absolute atomic E-state index is 0.636. The third-order valence-corrected chi connectivity index (χ3v) is 2.60. The highest BCUT2D eigenvalue weighted by Gasteiger charge is 2.25. The Morgan fingerprint density at radius 3 is 3.08 bits per heavy atom. The molecule has 1 fully saturated rings. The minimum atomic E-state index is 0.636. The molecule has 0 atom stereocenters. The van der Waals surface area contributed by atoms with Crippen LogP contribution in [-0.2, 0) is 0 Å². The van der Waals surface area contributed by atoms with E-state index in [-0.39, 0.29) is 0 Å². The third-order valence-electron chi connectivity index (χ3n) is 2.33. The molecular formula is C9H8ClN3. The smallest absolute Gasteiger partial charge is 0.156 e. The van der Waals surface area contributed by atoms with Crippen molar-refractivity contribution in [2.24, 2.45) is 0 Å². The molecule has 66 valence electrons. The van der Waals surface area contributed by atoms with Crippen molar-refractivity contribution in [3.8, 4) is 0 Å². The number of aromatic nitrogens is 3. The van der Waals surface area contributed by atoms with Crippen LogP contribution in [0.25, 0.3) is 5.65 Å². The van der Waals surface area contributed by atoms with Gasteiger partial charge in [0.1, 0.15) is 5.15 Å². The van der Waals surface area contributed by atoms with Crippen molar-refractivity contribution in [2.45, 2.75) is 18.8 Å². The molecular weight excluding hydrogens is 186 g/mol. The van der Waals surface area contributed by atoms with Crippen molar-refractivity contribution < 1.29 is 0 Å². The first-order valence-electron chi connectivity index (χ1n) is 4.35. The largest absolute Gasteiger partial charge is 0.233 e. The molecule has 0 N–H and O–H groups in total. The van der Waals surface area contributed by atoms with E-state index in [4.69, 9.17) is 11.6 Å². The lowest BCUT2D eigenvalue weighted by Gasteiger charge is -2.00. The number of nitrogens with zero attached hydrogens (tertiary/aromatic N) is 3. The van der Waals surface area contributed by atoms with Crippen LogP contribution in [0.1, 0.15) is 24.5 Å². The molecule has 0 spiro atoms. The topological polar surface area (TPSA) is 30.2 Å². The molecule has 0 bridgehead atoms. The van der Waals surface area contributed by atoms with E-state index in [1.165, 1.54) is 12.8 Å². The van der Waals surface area contributed by atoms with Crippen LogP contribution >= 0.6 is 11.6 Å². The van der Waals surface area contributed by atoms with Crippen LogP contribution in [0.15, 0.2) is 18.3 Å². The highest BCUT2D eigenvalue weighted by molar-refractivity contribution is 6.29. The number of halogens is 1. The zero-order chi connectivity index (χ0) is 8.84. The molecule has 4 heteroatoms. The molecule has 0 unspecified atom stereocenters. The number of hydrogen-bond donors (Lipinski definition) is 0. The normalized spacial score (nSPS) is 16.7. The molecule has 0 amide bonds. The Bertz CT molecular complexity index is 459. The molecule has 3 nitrogen and oxygen atoms in total. The molecule has 2 aromatic heterocycles. The zero-order valence-electron chi connectivity index (χ0n) is 6.94. The second-order valence-electron chi connectivity index (χ2n) is 3.38. The molecule has 3 rings (SSSR count). The van der Waals surface area contributed by atoms with Crippen molar-refractivity contribution in [1.82, 2.24) is 14.6 Å². The Kier molecular flexibility index (Phi) is 1.38. The SMILES string of the molecule is Clc1cc(C2CC2)nc2ccnn12. The number of rotatable bonds is 1. The zero-order valence-corrected chi connectivity index (χ0v) is 7.70. The Balaban J connectivity index is 2.27. The van der Waals surface area contributed by atoms with E-state index in [0.29, 0.717) is 11.1 Å². The van der Waals surface area contributed by atoms with E-state index in [9.17, 15) is 0 Å². The van der Waals surface area contributed by atoms with Crippen molar-refractivity contribution >= 4 is 17.2 Å². The summed E-state index contributed by atoms with van der Waals surface area (Å²) in [7, 11) is 0. The lowest BCUT2D eigenvalue weighted by molar-refractivity contribution is 0.909. The van der Waals surface area contributed by atoms with Crippen LogP contribution in [0.3, 0.4) is 0 Å². The summed E-state index contributed by atoms with van der Waals surface area (Å²) >= 11 is 6.04. The standard InChI is InChI=1S/C9H8ClN3/c10-8-5-7(6-1-2-6)12-9-3-4-11-13(8)9/h3-6H,1-2H2. The van der Waals surface area contributed by atoms with E-state index < -0.39 is 0 Å². The van der Waals surface area contributed by atoms with Crippen LogP contribution in [0.4, 0.5) is 0 Å². The molecule has 0 radical (unpaired) electrons. The van der Waals surface area contributed by atoms with Gasteiger partial charge in [0.2, 0.25) is 0 Å². The molecule has 0 aromatic carbocycles. The Morgan fingerprint density at radius 2 is 2.31 bits per heavy atom. The van der Waals surface area contributed by atoms with Crippen LogP contribution in [0.2, 0.25) is 5.15 Å². The van der Waals surface area contributed by atoms with E-state index in [1.54, 1.807) is 10.7 Å². The van der Waals surface area contributed by atoms with Gasteiger partial charge in [-0.05, 0) is 18.9 Å². The summed E-state index contributed by atoms with van der Waals surface area (Å²) in [4.78, 5) is 4.47. The fraction of sp³-hybridized carbons (Fsp3) is 0.333. The monoisotopic (exact) mass is 193 g/mol. The van der Waals surface area contributed by atoms with Crippen LogP contribution in [-0.4, -0.2) is 14.6 Å². The van der Waals surface area contributed by atoms with Gasteiger partial charge in [0, 0.05) is 17.7 Å². The third kappa shape index (κ3) is 1.11. The van der Waals surface area contributed by atoms with E-state index >= 15 is 0 Å². The lowest BCUT2D eigenvalue weighted by atomic mass is 10.3. The fourth-order valence-corrected chi connectivity index (χ4v) is 1.72. The highest BCUT2D eigenvalue weighted by atomic mass is 35.5. The molecule has 0 aliphatic heterocycles. The molecule has 13 heavy (non-hydrogen) atoms. The van der Waals surface area contributed by atoms with E-state index in [2.05, 4.69) is 10.1 Å². The van der Waals surface area contributed by atoms with Crippen LogP contribution in [0.5, 0.6) is 0 Å². The summed E-state index contributed by atoms with van der Waals surface area (Å²) in [6.45, 7) is 0. The fourth-order valence-electron chi connectivity index (χ4n) is 1.48. The maximum absolute atomic E-state index is 6.04. The van der Waals surface area contributed by atoms with Gasteiger partial charge in [-0.2, -0.15) is 5.10 Å². The summed E-state index contributed by atoms with van der Waals surface area (Å²) in [5.41, 5.74) is 1.95. The molecule has 1 aliphatic carbocycles. The van der Waals surface area contributed by atoms with Crippen molar-refractivity contribution in [1.29, 1.82) is 0 Å². The van der Waals surface area contributed by atoms with Crippen molar-refractivity contribution in [3.63, 3.8) is 0 Å². The molecule has 2 aromatic rings. The van der Waals surface area contributed by atoms with Crippen LogP contribution in [0, 0.1) is 0 Å². The van der Waals surface area contributed by atoms with Gasteiger partial charge >= 0.3 is 0 Å². The average molecular weight is 194 g/mol. The highest BCUT2D eigenvalue weighted by Crippen LogP contribution is 2.39. The van der Waals surface area contributed by atoms with Gasteiger partial charge in [0.05, 0.1) is 6.20 Å². The summed E-state index contributed by atoms with van der Waals surface area (Å²) in [5.74, 6) is 0.636. The number of hydrogen-bond acceptors (Lipinski definition) is 2. The summed E-state index contributed by atoms with van der Waals surface area (Å²) < 4.78 is 1.65. The van der Waals surface area contributed by atoms with Gasteiger partial charge in [0.15, 0.2) is 5.65 Å². The second kappa shape index (κ2) is 2.45. The first-order chi connectivity index (χ1) is 6.34. The summed E-state index contributed by atoms with van der Waals surface area (Å²) in [5, 5.41) is 4.71. The summed E-state index contributed by atoms with van der Waals surface area (Å²) in [6, 6.07) is 3.79. The molecule has 1 saturated carbocycles. The maximum Gasteiger partial charge on any atom is 0.156 e. The van der Waals surface area contributed by atoms with Crippen molar-refractivity contribution in [3.05, 3.63) is 29.2 Å². The minimum Gasteiger partial charge on any atom is -0.233 e. The van der Waals surface area contributed by atoms with E-state index in [1.807, 2.05) is 12.1 Å². The van der Waals surface area contributed by atoms with Crippen molar-refractivity contribution in [2.75, 3.05) is 0 Å². The van der Waals surface area contributed by atoms with Gasteiger partial charge < -0.3 is 0 Å². The molecule has 0 saturated heterocycles. The Labute approximate surface area is 80.3 Å². The lowest BCUT2D eigenvalue weighted by Crippen LogP contribution is -1.95. The maximum atomic E-state index is 6.04. The quantitative estimate of drug-likeness (QED) is 0.651. The first kappa shape index (κ1) is 7.33. The Morgan fingerprint density at radius 1 is 1.46 bits per heavy atom. The van der Waals surface area contributed by atoms with E-state index in [0.717, 1.165) is 11.3 Å². The number of fused-ring (bicyclic) bond motifs is 1. The molecule has 2 heterocycles. The van der Waals surface area contributed by atoms with Gasteiger partial charge in [-0.15, -0.1) is 0 Å². The Hall–Kier alpha value is -1.09. The van der Waals surface area contributed by atoms with Gasteiger partial charge in [-0.3, -0.25) is 0 Å². The predicted octanol–water partition coefficient (Wildman–Crippen LogP) is 2.26. The second-order valence-corrected chi connectivity index (χ2v) is 3.77. The van der Waals surface area contributed by atoms with Gasteiger partial charge in [0.25, 0.3) is 0 Å². The van der Waals surface area contributed by atoms with Gasteiger partial charge in [-0.1, -0.05) is 11.6 Å². The molecule has 1 aliphatic rings. The average Bonchev–Trinajstić information content (AvgIpc) is 2.85. The van der Waals surface area contributed by atoms with Crippen LogP contribution < -0.4 is 0 Å².